The zero-order chi connectivity index (χ0) is 13.1. The van der Waals surface area contributed by atoms with Crippen LogP contribution in [-0.4, -0.2) is 12.6 Å². The number of hydrogen-bond donors (Lipinski definition) is 0. The summed E-state index contributed by atoms with van der Waals surface area (Å²) in [5.41, 5.74) is -1.44. The van der Waals surface area contributed by atoms with Crippen molar-refractivity contribution in [3.8, 4) is 0 Å². The molecule has 0 N–H and O–H groups in total. The van der Waals surface area contributed by atoms with Gasteiger partial charge in [0.25, 0.3) is 0 Å². The zero-order valence-corrected chi connectivity index (χ0v) is 8.97. The molecule has 0 atom stereocenters. The second kappa shape index (κ2) is 5.16. The van der Waals surface area contributed by atoms with Crippen molar-refractivity contribution >= 4 is 5.97 Å². The van der Waals surface area contributed by atoms with E-state index in [1.807, 2.05) is 0 Å². The van der Waals surface area contributed by atoms with E-state index in [2.05, 4.69) is 4.74 Å². The first-order valence-electron chi connectivity index (χ1n) is 4.86. The Balaban J connectivity index is 3.03. The highest BCUT2D eigenvalue weighted by Gasteiger charge is 2.34. The number of halogens is 4. The molecular formula is C11H10F4O2. The van der Waals surface area contributed by atoms with Crippen molar-refractivity contribution in [2.45, 2.75) is 19.5 Å². The molecule has 0 aliphatic rings. The van der Waals surface area contributed by atoms with E-state index in [-0.39, 0.29) is 12.2 Å². The minimum absolute atomic E-state index is 0.0847. The van der Waals surface area contributed by atoms with Gasteiger partial charge in [-0.2, -0.15) is 13.2 Å². The summed E-state index contributed by atoms with van der Waals surface area (Å²) in [6.07, 6.45) is -5.22. The van der Waals surface area contributed by atoms with Gasteiger partial charge in [-0.1, -0.05) is 6.07 Å². The fourth-order valence-electron chi connectivity index (χ4n) is 1.33. The van der Waals surface area contributed by atoms with Crippen LogP contribution in [0.4, 0.5) is 17.6 Å². The van der Waals surface area contributed by atoms with E-state index in [0.717, 1.165) is 12.1 Å². The van der Waals surface area contributed by atoms with Crippen LogP contribution in [0.15, 0.2) is 18.2 Å². The number of hydrogen-bond acceptors (Lipinski definition) is 2. The van der Waals surface area contributed by atoms with Crippen molar-refractivity contribution < 1.29 is 27.1 Å². The molecule has 0 unspecified atom stereocenters. The first-order chi connectivity index (χ1) is 7.84. The Hall–Kier alpha value is -1.59. The fraction of sp³-hybridized carbons (Fsp3) is 0.364. The molecule has 0 spiro atoms. The van der Waals surface area contributed by atoms with Crippen molar-refractivity contribution in [1.82, 2.24) is 0 Å². The minimum Gasteiger partial charge on any atom is -0.466 e. The molecule has 0 saturated heterocycles. The van der Waals surface area contributed by atoms with Gasteiger partial charge < -0.3 is 4.74 Å². The van der Waals surface area contributed by atoms with Gasteiger partial charge in [-0.25, -0.2) is 4.39 Å². The Kier molecular flexibility index (Phi) is 4.09. The Morgan fingerprint density at radius 2 is 2.00 bits per heavy atom. The van der Waals surface area contributed by atoms with Crippen LogP contribution < -0.4 is 0 Å². The molecule has 6 heteroatoms. The number of alkyl halides is 3. The molecule has 0 aliphatic carbocycles. The summed E-state index contributed by atoms with van der Waals surface area (Å²) in [7, 11) is 0. The lowest BCUT2D eigenvalue weighted by Gasteiger charge is -2.12. The SMILES string of the molecule is CCOC(=O)Cc1ccc(F)cc1C(F)(F)F. The summed E-state index contributed by atoms with van der Waals surface area (Å²) >= 11 is 0. The molecule has 0 bridgehead atoms. The molecule has 0 radical (unpaired) electrons. The lowest BCUT2D eigenvalue weighted by Crippen LogP contribution is -2.14. The smallest absolute Gasteiger partial charge is 0.416 e. The first-order valence-corrected chi connectivity index (χ1v) is 4.86. The predicted molar refractivity (Wildman–Crippen MR) is 51.7 cm³/mol. The third kappa shape index (κ3) is 3.72. The van der Waals surface area contributed by atoms with Crippen LogP contribution in [0.3, 0.4) is 0 Å². The molecule has 0 aromatic heterocycles. The summed E-state index contributed by atoms with van der Waals surface area (Å²) in [5.74, 6) is -1.77. The molecule has 1 rings (SSSR count). The van der Waals surface area contributed by atoms with Gasteiger partial charge in [0.2, 0.25) is 0 Å². The van der Waals surface area contributed by atoms with Crippen LogP contribution in [0.25, 0.3) is 0 Å². The Bertz CT molecular complexity index is 412. The van der Waals surface area contributed by atoms with E-state index in [1.54, 1.807) is 6.92 Å². The van der Waals surface area contributed by atoms with Crippen molar-refractivity contribution in [2.75, 3.05) is 6.61 Å². The number of esters is 1. The van der Waals surface area contributed by atoms with Crippen LogP contribution in [0.5, 0.6) is 0 Å². The van der Waals surface area contributed by atoms with E-state index in [4.69, 9.17) is 0 Å². The monoisotopic (exact) mass is 250 g/mol. The normalized spacial score (nSPS) is 11.4. The number of carbonyl (C=O) groups is 1. The molecule has 0 heterocycles. The van der Waals surface area contributed by atoms with Crippen LogP contribution >= 0.6 is 0 Å². The van der Waals surface area contributed by atoms with E-state index < -0.39 is 29.9 Å². The van der Waals surface area contributed by atoms with E-state index in [9.17, 15) is 22.4 Å². The van der Waals surface area contributed by atoms with Crippen LogP contribution in [0, 0.1) is 5.82 Å². The Morgan fingerprint density at radius 3 is 2.53 bits per heavy atom. The van der Waals surface area contributed by atoms with Gasteiger partial charge in [-0.3, -0.25) is 4.79 Å². The van der Waals surface area contributed by atoms with Gasteiger partial charge in [0.15, 0.2) is 0 Å². The first kappa shape index (κ1) is 13.5. The highest BCUT2D eigenvalue weighted by molar-refractivity contribution is 5.73. The third-order valence-electron chi connectivity index (χ3n) is 2.02. The highest BCUT2D eigenvalue weighted by atomic mass is 19.4. The molecule has 0 saturated carbocycles. The molecule has 94 valence electrons. The maximum absolute atomic E-state index is 12.7. The van der Waals surface area contributed by atoms with Gasteiger partial charge in [-0.05, 0) is 24.6 Å². The van der Waals surface area contributed by atoms with Crippen molar-refractivity contribution in [2.24, 2.45) is 0 Å². The summed E-state index contributed by atoms with van der Waals surface area (Å²) in [6.45, 7) is 1.63. The second-order valence-corrected chi connectivity index (χ2v) is 3.28. The van der Waals surface area contributed by atoms with Gasteiger partial charge in [-0.15, -0.1) is 0 Å². The molecular weight excluding hydrogens is 240 g/mol. The van der Waals surface area contributed by atoms with Crippen LogP contribution in [0.2, 0.25) is 0 Å². The lowest BCUT2D eigenvalue weighted by atomic mass is 10.0. The average molecular weight is 250 g/mol. The standard InChI is InChI=1S/C11H10F4O2/c1-2-17-10(16)5-7-3-4-8(12)6-9(7)11(13,14)15/h3-4,6H,2,5H2,1H3. The minimum atomic E-state index is -4.69. The van der Waals surface area contributed by atoms with Crippen molar-refractivity contribution in [3.63, 3.8) is 0 Å². The van der Waals surface area contributed by atoms with E-state index in [0.29, 0.717) is 6.07 Å². The summed E-state index contributed by atoms with van der Waals surface area (Å²) in [4.78, 5) is 11.1. The maximum atomic E-state index is 12.7. The van der Waals surface area contributed by atoms with Crippen LogP contribution in [-0.2, 0) is 22.1 Å². The molecule has 0 fully saturated rings. The third-order valence-corrected chi connectivity index (χ3v) is 2.02. The average Bonchev–Trinajstić information content (AvgIpc) is 2.19. The Morgan fingerprint density at radius 1 is 1.35 bits per heavy atom. The number of ether oxygens (including phenoxy) is 1. The van der Waals surface area contributed by atoms with E-state index in [1.165, 1.54) is 0 Å². The van der Waals surface area contributed by atoms with Gasteiger partial charge in [0.05, 0.1) is 18.6 Å². The fourth-order valence-corrected chi connectivity index (χ4v) is 1.33. The van der Waals surface area contributed by atoms with Gasteiger partial charge in [0, 0.05) is 0 Å². The second-order valence-electron chi connectivity index (χ2n) is 3.28. The number of benzene rings is 1. The molecule has 2 nitrogen and oxygen atoms in total. The van der Waals surface area contributed by atoms with Crippen molar-refractivity contribution in [3.05, 3.63) is 35.1 Å². The topological polar surface area (TPSA) is 26.3 Å². The summed E-state index contributed by atoms with van der Waals surface area (Å²) < 4.78 is 54.9. The molecule has 0 aliphatic heterocycles. The predicted octanol–water partition coefficient (Wildman–Crippen LogP) is 2.95. The summed E-state index contributed by atoms with van der Waals surface area (Å²) in [5, 5.41) is 0. The molecule has 1 aromatic carbocycles. The van der Waals surface area contributed by atoms with Gasteiger partial charge in [0.1, 0.15) is 5.82 Å². The number of rotatable bonds is 3. The maximum Gasteiger partial charge on any atom is 0.416 e. The number of carbonyl (C=O) groups excluding carboxylic acids is 1. The zero-order valence-electron chi connectivity index (χ0n) is 8.97. The van der Waals surface area contributed by atoms with Gasteiger partial charge >= 0.3 is 12.1 Å². The largest absolute Gasteiger partial charge is 0.466 e. The quantitative estimate of drug-likeness (QED) is 0.609. The van der Waals surface area contributed by atoms with Crippen molar-refractivity contribution in [1.29, 1.82) is 0 Å². The van der Waals surface area contributed by atoms with E-state index >= 15 is 0 Å². The summed E-state index contributed by atoms with van der Waals surface area (Å²) in [6, 6.07) is 2.19. The lowest BCUT2D eigenvalue weighted by molar-refractivity contribution is -0.143. The molecule has 17 heavy (non-hydrogen) atoms. The Labute approximate surface area is 95.2 Å². The molecule has 1 aromatic rings. The van der Waals surface area contributed by atoms with Crippen LogP contribution in [0.1, 0.15) is 18.1 Å². The molecule has 0 amide bonds. The highest BCUT2D eigenvalue weighted by Crippen LogP contribution is 2.32.